The number of likely N-dealkylation sites (N-methyl/N-ethyl adjacent to an activating group) is 1. The third kappa shape index (κ3) is 3.45. The number of hydrogen-bond donors (Lipinski definition) is 0. The maximum atomic E-state index is 12.3. The molecule has 1 aromatic carbocycles. The van der Waals surface area contributed by atoms with Crippen LogP contribution < -0.4 is 9.64 Å². The van der Waals surface area contributed by atoms with Gasteiger partial charge in [0.1, 0.15) is 23.5 Å². The molecule has 0 spiro atoms. The largest absolute Gasteiger partial charge is 0.488 e. The second-order valence-corrected chi connectivity index (χ2v) is 8.19. The summed E-state index contributed by atoms with van der Waals surface area (Å²) in [5.74, 6) is 1.79. The van der Waals surface area contributed by atoms with E-state index in [0.717, 1.165) is 61.0 Å². The Hall–Kier alpha value is -2.96. The van der Waals surface area contributed by atoms with Crippen LogP contribution in [0.25, 0.3) is 0 Å². The summed E-state index contributed by atoms with van der Waals surface area (Å²) in [6, 6.07) is 8.15. The highest BCUT2D eigenvalue weighted by molar-refractivity contribution is 6.14. The molecule has 3 aliphatic rings. The van der Waals surface area contributed by atoms with Gasteiger partial charge in [-0.05, 0) is 44.4 Å². The fourth-order valence-electron chi connectivity index (χ4n) is 3.90. The van der Waals surface area contributed by atoms with E-state index >= 15 is 0 Å². The zero-order chi connectivity index (χ0) is 20.0. The van der Waals surface area contributed by atoms with Gasteiger partial charge in [-0.25, -0.2) is 9.97 Å². The number of rotatable bonds is 5. The molecule has 0 atom stereocenters. The molecule has 1 saturated carbocycles. The number of fused-ring (bicyclic) bond motifs is 1. The highest BCUT2D eigenvalue weighted by Gasteiger charge is 2.40. The maximum Gasteiger partial charge on any atom is 0.242 e. The van der Waals surface area contributed by atoms with Gasteiger partial charge in [0, 0.05) is 31.3 Å². The molecule has 0 unspecified atom stereocenters. The number of amides is 1. The number of aliphatic imine (C=N–C) groups is 1. The molecule has 2 aliphatic heterocycles. The SMILES string of the molecule is CCN1CCN(c2cc(C3=NCc4ccc(OC5(C)CC5)cc43)ncn2)CC1=O. The lowest BCUT2D eigenvalue weighted by molar-refractivity contribution is -0.130. The summed E-state index contributed by atoms with van der Waals surface area (Å²) in [7, 11) is 0. The van der Waals surface area contributed by atoms with E-state index in [1.165, 1.54) is 5.56 Å². The van der Waals surface area contributed by atoms with Crippen molar-refractivity contribution in [2.24, 2.45) is 4.99 Å². The van der Waals surface area contributed by atoms with Crippen molar-refractivity contribution in [3.63, 3.8) is 0 Å². The first kappa shape index (κ1) is 18.1. The number of aromatic nitrogens is 2. The van der Waals surface area contributed by atoms with E-state index in [-0.39, 0.29) is 11.5 Å². The lowest BCUT2D eigenvalue weighted by Crippen LogP contribution is -2.50. The van der Waals surface area contributed by atoms with Gasteiger partial charge in [0.25, 0.3) is 0 Å². The minimum Gasteiger partial charge on any atom is -0.488 e. The van der Waals surface area contributed by atoms with Gasteiger partial charge in [0.05, 0.1) is 24.5 Å². The lowest BCUT2D eigenvalue weighted by atomic mass is 10.0. The highest BCUT2D eigenvalue weighted by Crippen LogP contribution is 2.40. The van der Waals surface area contributed by atoms with E-state index in [2.05, 4.69) is 29.0 Å². The number of carbonyl (C=O) groups is 1. The Morgan fingerprint density at radius 2 is 2.03 bits per heavy atom. The van der Waals surface area contributed by atoms with Crippen molar-refractivity contribution in [2.75, 3.05) is 31.1 Å². The molecule has 1 amide bonds. The Labute approximate surface area is 170 Å². The number of piperazine rings is 1. The minimum atomic E-state index is -0.0145. The van der Waals surface area contributed by atoms with Crippen LogP contribution in [0.4, 0.5) is 5.82 Å². The Morgan fingerprint density at radius 1 is 1.17 bits per heavy atom. The molecule has 1 aromatic heterocycles. The van der Waals surface area contributed by atoms with Crippen LogP contribution in [-0.4, -0.2) is 58.3 Å². The standard InChI is InChI=1S/C22H25N5O2/c1-3-26-8-9-27(13-20(26)28)19-11-18(24-14-25-19)21-17-10-16(29-22(2)6-7-22)5-4-15(17)12-23-21/h4-5,10-11,14H,3,6-9,12-13H2,1-2H3. The van der Waals surface area contributed by atoms with Crippen LogP contribution in [0.3, 0.4) is 0 Å². The first-order valence-corrected chi connectivity index (χ1v) is 10.3. The van der Waals surface area contributed by atoms with E-state index < -0.39 is 0 Å². The fraction of sp³-hybridized carbons (Fsp3) is 0.455. The molecule has 1 saturated heterocycles. The Morgan fingerprint density at radius 3 is 2.79 bits per heavy atom. The van der Waals surface area contributed by atoms with Crippen LogP contribution in [-0.2, 0) is 11.3 Å². The number of anilines is 1. The van der Waals surface area contributed by atoms with E-state index in [4.69, 9.17) is 9.73 Å². The number of ether oxygens (including phenoxy) is 1. The van der Waals surface area contributed by atoms with Gasteiger partial charge in [0.15, 0.2) is 0 Å². The van der Waals surface area contributed by atoms with Crippen molar-refractivity contribution in [2.45, 2.75) is 38.8 Å². The van der Waals surface area contributed by atoms with E-state index in [0.29, 0.717) is 13.1 Å². The fourth-order valence-corrected chi connectivity index (χ4v) is 3.90. The lowest BCUT2D eigenvalue weighted by Gasteiger charge is -2.34. The Bertz CT molecular complexity index is 998. The first-order chi connectivity index (χ1) is 14.0. The number of benzene rings is 1. The maximum absolute atomic E-state index is 12.3. The molecule has 5 rings (SSSR count). The summed E-state index contributed by atoms with van der Waals surface area (Å²) >= 11 is 0. The van der Waals surface area contributed by atoms with E-state index in [9.17, 15) is 4.79 Å². The van der Waals surface area contributed by atoms with Crippen molar-refractivity contribution >= 4 is 17.4 Å². The summed E-state index contributed by atoms with van der Waals surface area (Å²) in [6.07, 6.45) is 3.77. The van der Waals surface area contributed by atoms with Crippen LogP contribution in [0.15, 0.2) is 35.6 Å². The molecule has 0 radical (unpaired) electrons. The normalized spacial score (nSPS) is 19.8. The predicted molar refractivity (Wildman–Crippen MR) is 111 cm³/mol. The third-order valence-electron chi connectivity index (χ3n) is 5.98. The van der Waals surface area contributed by atoms with Crippen LogP contribution in [0.1, 0.15) is 43.5 Å². The zero-order valence-electron chi connectivity index (χ0n) is 16.9. The second-order valence-electron chi connectivity index (χ2n) is 8.19. The minimum absolute atomic E-state index is 0.0145. The Kier molecular flexibility index (Phi) is 4.26. The first-order valence-electron chi connectivity index (χ1n) is 10.3. The van der Waals surface area contributed by atoms with Crippen molar-refractivity contribution in [1.82, 2.24) is 14.9 Å². The van der Waals surface area contributed by atoms with Crippen LogP contribution in [0.5, 0.6) is 5.75 Å². The molecule has 3 heterocycles. The van der Waals surface area contributed by atoms with E-state index in [1.54, 1.807) is 6.33 Å². The topological polar surface area (TPSA) is 70.9 Å². The Balaban J connectivity index is 1.40. The number of hydrogen-bond acceptors (Lipinski definition) is 6. The van der Waals surface area contributed by atoms with Crippen molar-refractivity contribution in [3.8, 4) is 5.75 Å². The van der Waals surface area contributed by atoms with Gasteiger partial charge in [0.2, 0.25) is 5.91 Å². The second kappa shape index (κ2) is 6.83. The highest BCUT2D eigenvalue weighted by atomic mass is 16.5. The third-order valence-corrected chi connectivity index (χ3v) is 5.98. The molecule has 150 valence electrons. The summed E-state index contributed by atoms with van der Waals surface area (Å²) < 4.78 is 6.14. The number of nitrogens with zero attached hydrogens (tertiary/aromatic N) is 5. The van der Waals surface area contributed by atoms with Gasteiger partial charge in [-0.15, -0.1) is 0 Å². The molecular weight excluding hydrogens is 366 g/mol. The van der Waals surface area contributed by atoms with Crippen molar-refractivity contribution in [1.29, 1.82) is 0 Å². The predicted octanol–water partition coefficient (Wildman–Crippen LogP) is 2.43. The van der Waals surface area contributed by atoms with Gasteiger partial charge >= 0.3 is 0 Å². The van der Waals surface area contributed by atoms with Gasteiger partial charge in [-0.3, -0.25) is 9.79 Å². The molecule has 2 fully saturated rings. The summed E-state index contributed by atoms with van der Waals surface area (Å²) in [5, 5.41) is 0. The monoisotopic (exact) mass is 391 g/mol. The van der Waals surface area contributed by atoms with Gasteiger partial charge < -0.3 is 14.5 Å². The number of carbonyl (C=O) groups excluding carboxylic acids is 1. The molecule has 0 N–H and O–H groups in total. The quantitative estimate of drug-likeness (QED) is 0.783. The van der Waals surface area contributed by atoms with Crippen LogP contribution >= 0.6 is 0 Å². The van der Waals surface area contributed by atoms with E-state index in [1.807, 2.05) is 28.9 Å². The van der Waals surface area contributed by atoms with Crippen molar-refractivity contribution < 1.29 is 9.53 Å². The van der Waals surface area contributed by atoms with Crippen LogP contribution in [0.2, 0.25) is 0 Å². The summed E-state index contributed by atoms with van der Waals surface area (Å²) in [4.78, 5) is 29.8. The molecule has 7 nitrogen and oxygen atoms in total. The molecule has 7 heteroatoms. The van der Waals surface area contributed by atoms with Gasteiger partial charge in [-0.1, -0.05) is 6.07 Å². The molecular formula is C22H25N5O2. The van der Waals surface area contributed by atoms with Gasteiger partial charge in [-0.2, -0.15) is 0 Å². The molecule has 0 bridgehead atoms. The van der Waals surface area contributed by atoms with Crippen LogP contribution in [0, 0.1) is 0 Å². The van der Waals surface area contributed by atoms with Crippen molar-refractivity contribution in [3.05, 3.63) is 47.4 Å². The molecule has 29 heavy (non-hydrogen) atoms. The molecule has 2 aromatic rings. The average Bonchev–Trinajstić information content (AvgIpc) is 3.30. The summed E-state index contributed by atoms with van der Waals surface area (Å²) in [5.41, 5.74) is 3.89. The summed E-state index contributed by atoms with van der Waals surface area (Å²) in [6.45, 7) is 7.39. The smallest absolute Gasteiger partial charge is 0.242 e. The molecule has 1 aliphatic carbocycles. The zero-order valence-corrected chi connectivity index (χ0v) is 16.9. The average molecular weight is 391 g/mol.